The third-order valence-corrected chi connectivity index (χ3v) is 3.86. The second-order valence-corrected chi connectivity index (χ2v) is 5.45. The zero-order valence-electron chi connectivity index (χ0n) is 12.9. The van der Waals surface area contributed by atoms with Gasteiger partial charge < -0.3 is 9.73 Å². The van der Waals surface area contributed by atoms with E-state index in [1.807, 2.05) is 0 Å². The van der Waals surface area contributed by atoms with Crippen LogP contribution in [-0.2, 0) is 0 Å². The van der Waals surface area contributed by atoms with Gasteiger partial charge in [0.15, 0.2) is 0 Å². The molecule has 2 nitrogen and oxygen atoms in total. The number of rotatable bonds is 7. The van der Waals surface area contributed by atoms with Gasteiger partial charge in [-0.05, 0) is 51.6 Å². The van der Waals surface area contributed by atoms with Gasteiger partial charge in [-0.25, -0.2) is 0 Å². The molecule has 0 bridgehead atoms. The minimum absolute atomic E-state index is 0.433. The lowest BCUT2D eigenvalue weighted by Crippen LogP contribution is -2.28. The molecule has 0 saturated carbocycles. The second kappa shape index (κ2) is 6.98. The van der Waals surface area contributed by atoms with E-state index in [1.165, 1.54) is 30.4 Å². The molecule has 2 unspecified atom stereocenters. The van der Waals surface area contributed by atoms with Crippen molar-refractivity contribution in [3.8, 4) is 0 Å². The van der Waals surface area contributed by atoms with Gasteiger partial charge in [0, 0.05) is 11.6 Å². The van der Waals surface area contributed by atoms with Crippen LogP contribution >= 0.6 is 0 Å². The first-order valence-electron chi connectivity index (χ1n) is 7.32. The smallest absolute Gasteiger partial charge is 0.106 e. The maximum absolute atomic E-state index is 5.79. The molecule has 1 N–H and O–H groups in total. The highest BCUT2D eigenvalue weighted by Gasteiger charge is 2.24. The summed E-state index contributed by atoms with van der Waals surface area (Å²) >= 11 is 0. The van der Waals surface area contributed by atoms with Crippen molar-refractivity contribution in [2.24, 2.45) is 5.92 Å². The molecule has 104 valence electrons. The Morgan fingerprint density at radius 1 is 1.06 bits per heavy atom. The summed E-state index contributed by atoms with van der Waals surface area (Å²) in [5.74, 6) is 2.80. The van der Waals surface area contributed by atoms with Crippen LogP contribution < -0.4 is 5.32 Å². The van der Waals surface area contributed by atoms with E-state index < -0.39 is 0 Å². The maximum atomic E-state index is 5.79. The highest BCUT2D eigenvalue weighted by Crippen LogP contribution is 2.33. The zero-order valence-corrected chi connectivity index (χ0v) is 12.9. The van der Waals surface area contributed by atoms with E-state index in [2.05, 4.69) is 46.9 Å². The number of hydrogen-bond donors (Lipinski definition) is 1. The van der Waals surface area contributed by atoms with Crippen LogP contribution in [0.3, 0.4) is 0 Å². The number of furan rings is 1. The minimum Gasteiger partial charge on any atom is -0.466 e. The van der Waals surface area contributed by atoms with E-state index >= 15 is 0 Å². The van der Waals surface area contributed by atoms with Crippen molar-refractivity contribution in [2.45, 2.75) is 66.8 Å². The third-order valence-electron chi connectivity index (χ3n) is 3.86. The molecule has 0 spiro atoms. The summed E-state index contributed by atoms with van der Waals surface area (Å²) in [6.45, 7) is 14.2. The minimum atomic E-state index is 0.433. The topological polar surface area (TPSA) is 25.2 Å². The fourth-order valence-corrected chi connectivity index (χ4v) is 2.78. The van der Waals surface area contributed by atoms with E-state index in [1.54, 1.807) is 0 Å². The molecule has 18 heavy (non-hydrogen) atoms. The van der Waals surface area contributed by atoms with Crippen LogP contribution in [-0.4, -0.2) is 6.54 Å². The molecule has 2 heteroatoms. The molecule has 2 atom stereocenters. The summed E-state index contributed by atoms with van der Waals surface area (Å²) in [4.78, 5) is 0. The summed E-state index contributed by atoms with van der Waals surface area (Å²) in [6.07, 6.45) is 3.66. The van der Waals surface area contributed by atoms with Crippen molar-refractivity contribution >= 4 is 0 Å². The Labute approximate surface area is 112 Å². The van der Waals surface area contributed by atoms with Gasteiger partial charge in [0.1, 0.15) is 11.5 Å². The average Bonchev–Trinajstić information content (AvgIpc) is 2.56. The van der Waals surface area contributed by atoms with Crippen molar-refractivity contribution in [2.75, 3.05) is 6.54 Å². The van der Waals surface area contributed by atoms with Crippen molar-refractivity contribution in [3.63, 3.8) is 0 Å². The predicted octanol–water partition coefficient (Wildman–Crippen LogP) is 4.68. The van der Waals surface area contributed by atoms with Gasteiger partial charge >= 0.3 is 0 Å². The predicted molar refractivity (Wildman–Crippen MR) is 78.0 cm³/mol. The Morgan fingerprint density at radius 3 is 2.17 bits per heavy atom. The normalized spacial score (nSPS) is 14.8. The zero-order chi connectivity index (χ0) is 13.7. The largest absolute Gasteiger partial charge is 0.466 e. The van der Waals surface area contributed by atoms with Crippen LogP contribution in [0.1, 0.15) is 68.7 Å². The monoisotopic (exact) mass is 251 g/mol. The molecule has 0 saturated heterocycles. The van der Waals surface area contributed by atoms with E-state index in [4.69, 9.17) is 4.42 Å². The summed E-state index contributed by atoms with van der Waals surface area (Å²) < 4.78 is 5.79. The van der Waals surface area contributed by atoms with Crippen LogP contribution in [0.5, 0.6) is 0 Å². The Hall–Kier alpha value is -0.760. The number of hydrogen-bond acceptors (Lipinski definition) is 2. The molecule has 1 rings (SSSR count). The van der Waals surface area contributed by atoms with Gasteiger partial charge in [-0.3, -0.25) is 0 Å². The van der Waals surface area contributed by atoms with Gasteiger partial charge in [0.25, 0.3) is 0 Å². The molecule has 0 amide bonds. The Bertz CT molecular complexity index is 367. The molecule has 0 fully saturated rings. The molecular formula is C16H29NO. The van der Waals surface area contributed by atoms with E-state index in [-0.39, 0.29) is 0 Å². The first-order chi connectivity index (χ1) is 8.52. The van der Waals surface area contributed by atoms with E-state index in [0.29, 0.717) is 12.0 Å². The Morgan fingerprint density at radius 2 is 1.72 bits per heavy atom. The standard InChI is InChI=1S/C16H29NO/c1-7-9-11(3)16(17-10-8-2)15-12(4)13(5)18-14(15)6/h11,16-17H,7-10H2,1-6H3. The molecule has 1 aromatic rings. The lowest BCUT2D eigenvalue weighted by Gasteiger charge is -2.25. The molecule has 1 heterocycles. The molecule has 0 aliphatic rings. The lowest BCUT2D eigenvalue weighted by atomic mass is 9.88. The van der Waals surface area contributed by atoms with Crippen molar-refractivity contribution < 1.29 is 4.42 Å². The summed E-state index contributed by atoms with van der Waals surface area (Å²) in [6, 6.07) is 0.433. The molecule has 0 radical (unpaired) electrons. The second-order valence-electron chi connectivity index (χ2n) is 5.45. The summed E-state index contributed by atoms with van der Waals surface area (Å²) in [7, 11) is 0. The van der Waals surface area contributed by atoms with Gasteiger partial charge in [-0.15, -0.1) is 0 Å². The van der Waals surface area contributed by atoms with Crippen LogP contribution in [0.4, 0.5) is 0 Å². The fourth-order valence-electron chi connectivity index (χ4n) is 2.78. The van der Waals surface area contributed by atoms with Gasteiger partial charge in [-0.1, -0.05) is 27.2 Å². The van der Waals surface area contributed by atoms with Gasteiger partial charge in [0.05, 0.1) is 0 Å². The van der Waals surface area contributed by atoms with Gasteiger partial charge in [0.2, 0.25) is 0 Å². The third kappa shape index (κ3) is 3.38. The molecule has 0 aliphatic heterocycles. The van der Waals surface area contributed by atoms with Crippen molar-refractivity contribution in [1.29, 1.82) is 0 Å². The first-order valence-corrected chi connectivity index (χ1v) is 7.32. The van der Waals surface area contributed by atoms with Crippen LogP contribution in [0, 0.1) is 26.7 Å². The Kier molecular flexibility index (Phi) is 5.94. The average molecular weight is 251 g/mol. The number of nitrogens with one attached hydrogen (secondary N) is 1. The fraction of sp³-hybridized carbons (Fsp3) is 0.750. The summed E-state index contributed by atoms with van der Waals surface area (Å²) in [5, 5.41) is 3.71. The van der Waals surface area contributed by atoms with Crippen molar-refractivity contribution in [1.82, 2.24) is 5.32 Å². The lowest BCUT2D eigenvalue weighted by molar-refractivity contribution is 0.357. The molecule has 1 aromatic heterocycles. The SMILES string of the molecule is CCCNC(c1c(C)oc(C)c1C)C(C)CCC. The highest BCUT2D eigenvalue weighted by atomic mass is 16.3. The first kappa shape index (κ1) is 15.3. The number of aryl methyl sites for hydroxylation is 2. The highest BCUT2D eigenvalue weighted by molar-refractivity contribution is 5.34. The van der Waals surface area contributed by atoms with E-state index in [9.17, 15) is 0 Å². The van der Waals surface area contributed by atoms with Crippen molar-refractivity contribution in [3.05, 3.63) is 22.6 Å². The van der Waals surface area contributed by atoms with Crippen LogP contribution in [0.2, 0.25) is 0 Å². The maximum Gasteiger partial charge on any atom is 0.106 e. The van der Waals surface area contributed by atoms with Crippen LogP contribution in [0.15, 0.2) is 4.42 Å². The molecule has 0 aliphatic carbocycles. The Balaban J connectivity index is 3.00. The molecule has 0 aromatic carbocycles. The molecular weight excluding hydrogens is 222 g/mol. The van der Waals surface area contributed by atoms with Crippen LogP contribution in [0.25, 0.3) is 0 Å². The summed E-state index contributed by atoms with van der Waals surface area (Å²) in [5.41, 5.74) is 2.71. The quantitative estimate of drug-likeness (QED) is 0.761. The van der Waals surface area contributed by atoms with Gasteiger partial charge in [-0.2, -0.15) is 0 Å². The van der Waals surface area contributed by atoms with E-state index in [0.717, 1.165) is 18.1 Å².